The zero-order valence-corrected chi connectivity index (χ0v) is 9.65. The maximum Gasteiger partial charge on any atom is 0.416 e. The van der Waals surface area contributed by atoms with Gasteiger partial charge in [0, 0.05) is 6.04 Å². The minimum atomic E-state index is -4.70. The molecule has 1 aromatic carbocycles. The van der Waals surface area contributed by atoms with Gasteiger partial charge in [-0.25, -0.2) is 0 Å². The monoisotopic (exact) mass is 283 g/mol. The fourth-order valence-electron chi connectivity index (χ4n) is 1.98. The van der Waals surface area contributed by atoms with Gasteiger partial charge in [0.25, 0.3) is 0 Å². The van der Waals surface area contributed by atoms with E-state index < -0.39 is 35.1 Å². The topological polar surface area (TPSA) is 26.0 Å². The highest BCUT2D eigenvalue weighted by atomic mass is 19.4. The maximum absolute atomic E-state index is 12.8. The van der Waals surface area contributed by atoms with E-state index in [0.29, 0.717) is 31.0 Å². The molecule has 2 rings (SSSR count). The number of rotatable bonds is 2. The molecule has 1 aromatic rings. The molecule has 1 aliphatic carbocycles. The van der Waals surface area contributed by atoms with Crippen LogP contribution >= 0.6 is 0 Å². The van der Waals surface area contributed by atoms with Gasteiger partial charge in [-0.1, -0.05) is 0 Å². The fraction of sp³-hybridized carbons (Fsp3) is 0.500. The minimum Gasteiger partial charge on any atom is -0.324 e. The van der Waals surface area contributed by atoms with Crippen LogP contribution in [0.3, 0.4) is 0 Å². The molecule has 19 heavy (non-hydrogen) atoms. The maximum atomic E-state index is 12.8. The number of hydrogen-bond donors (Lipinski definition) is 1. The van der Waals surface area contributed by atoms with Gasteiger partial charge < -0.3 is 5.73 Å². The van der Waals surface area contributed by atoms with Gasteiger partial charge in [0.15, 0.2) is 0 Å². The number of benzene rings is 1. The van der Waals surface area contributed by atoms with Crippen LogP contribution in [0.2, 0.25) is 0 Å². The normalized spacial score (nSPS) is 18.5. The van der Waals surface area contributed by atoms with E-state index in [9.17, 15) is 26.3 Å². The van der Waals surface area contributed by atoms with E-state index in [1.807, 2.05) is 0 Å². The molecule has 0 amide bonds. The van der Waals surface area contributed by atoms with Crippen molar-refractivity contribution in [2.45, 2.75) is 31.2 Å². The van der Waals surface area contributed by atoms with Crippen LogP contribution in [0.5, 0.6) is 0 Å². The van der Waals surface area contributed by atoms with Crippen LogP contribution in [0.15, 0.2) is 18.2 Å². The van der Waals surface area contributed by atoms with Crippen molar-refractivity contribution < 1.29 is 26.3 Å². The molecule has 0 aromatic heterocycles. The first-order chi connectivity index (χ1) is 8.60. The first-order valence-corrected chi connectivity index (χ1v) is 5.64. The van der Waals surface area contributed by atoms with Crippen LogP contribution in [0, 0.1) is 5.92 Å². The van der Waals surface area contributed by atoms with Crippen molar-refractivity contribution in [3.63, 3.8) is 0 Å². The van der Waals surface area contributed by atoms with Gasteiger partial charge in [0.1, 0.15) is 0 Å². The molecule has 1 atom stereocenters. The molecular weight excluding hydrogens is 272 g/mol. The molecule has 7 heteroatoms. The van der Waals surface area contributed by atoms with Crippen molar-refractivity contribution >= 4 is 0 Å². The van der Waals surface area contributed by atoms with Gasteiger partial charge in [0.05, 0.1) is 11.1 Å². The van der Waals surface area contributed by atoms with Gasteiger partial charge in [-0.3, -0.25) is 0 Å². The summed E-state index contributed by atoms with van der Waals surface area (Å²) in [6, 6.07) is 0.414. The SMILES string of the molecule is N[C@@H](c1cc(C(F)(F)F)ccc1C(F)(F)F)C1CC1. The van der Waals surface area contributed by atoms with E-state index in [2.05, 4.69) is 0 Å². The van der Waals surface area contributed by atoms with Crippen molar-refractivity contribution in [2.75, 3.05) is 0 Å². The molecule has 0 aliphatic heterocycles. The lowest BCUT2D eigenvalue weighted by Crippen LogP contribution is -2.20. The van der Waals surface area contributed by atoms with Crippen LogP contribution < -0.4 is 5.73 Å². The molecule has 0 spiro atoms. The highest BCUT2D eigenvalue weighted by Gasteiger charge is 2.40. The van der Waals surface area contributed by atoms with Crippen molar-refractivity contribution in [2.24, 2.45) is 11.7 Å². The minimum absolute atomic E-state index is 0.162. The van der Waals surface area contributed by atoms with Crippen molar-refractivity contribution in [1.29, 1.82) is 0 Å². The standard InChI is InChI=1S/C12H11F6N/c13-11(14,15)7-3-4-9(12(16,17)18)8(5-7)10(19)6-1-2-6/h3-6,10H,1-2,19H2/t10-/m1/s1. The lowest BCUT2D eigenvalue weighted by Gasteiger charge is -2.20. The zero-order valence-electron chi connectivity index (χ0n) is 9.65. The van der Waals surface area contributed by atoms with Crippen LogP contribution in [-0.2, 0) is 12.4 Å². The largest absolute Gasteiger partial charge is 0.416 e. The molecule has 106 valence electrons. The summed E-state index contributed by atoms with van der Waals surface area (Å²) < 4.78 is 76.0. The summed E-state index contributed by atoms with van der Waals surface area (Å²) >= 11 is 0. The van der Waals surface area contributed by atoms with Gasteiger partial charge in [-0.2, -0.15) is 26.3 Å². The van der Waals surface area contributed by atoms with E-state index in [4.69, 9.17) is 5.73 Å². The van der Waals surface area contributed by atoms with Crippen LogP contribution in [0.4, 0.5) is 26.3 Å². The average molecular weight is 283 g/mol. The summed E-state index contributed by atoms with van der Waals surface area (Å²) in [6.07, 6.45) is -8.09. The molecule has 0 unspecified atom stereocenters. The zero-order chi connectivity index (χ0) is 14.4. The van der Waals surface area contributed by atoms with Gasteiger partial charge in [-0.15, -0.1) is 0 Å². The highest BCUT2D eigenvalue weighted by Crippen LogP contribution is 2.45. The third kappa shape index (κ3) is 3.02. The van der Waals surface area contributed by atoms with E-state index in [1.165, 1.54) is 0 Å². The van der Waals surface area contributed by atoms with Gasteiger partial charge in [-0.05, 0) is 42.5 Å². The molecule has 0 bridgehead atoms. The molecule has 1 aliphatic rings. The lowest BCUT2D eigenvalue weighted by molar-refractivity contribution is -0.142. The first-order valence-electron chi connectivity index (χ1n) is 5.64. The second-order valence-electron chi connectivity index (χ2n) is 4.66. The summed E-state index contributed by atoms with van der Waals surface area (Å²) in [7, 11) is 0. The summed E-state index contributed by atoms with van der Waals surface area (Å²) in [5, 5.41) is 0. The summed E-state index contributed by atoms with van der Waals surface area (Å²) in [5.41, 5.74) is 2.99. The Kier molecular flexibility index (Phi) is 3.28. The van der Waals surface area contributed by atoms with Gasteiger partial charge >= 0.3 is 12.4 Å². The second-order valence-corrected chi connectivity index (χ2v) is 4.66. The molecule has 2 N–H and O–H groups in total. The van der Waals surface area contributed by atoms with Crippen molar-refractivity contribution in [1.82, 2.24) is 0 Å². The summed E-state index contributed by atoms with van der Waals surface area (Å²) in [4.78, 5) is 0. The predicted octanol–water partition coefficient (Wildman–Crippen LogP) is 4.13. The van der Waals surface area contributed by atoms with E-state index in [0.717, 1.165) is 0 Å². The number of hydrogen-bond acceptors (Lipinski definition) is 1. The van der Waals surface area contributed by atoms with E-state index in [-0.39, 0.29) is 5.92 Å². The lowest BCUT2D eigenvalue weighted by atomic mass is 9.95. The van der Waals surface area contributed by atoms with Crippen molar-refractivity contribution in [3.05, 3.63) is 34.9 Å². The molecule has 1 fully saturated rings. The first kappa shape index (κ1) is 14.2. The van der Waals surface area contributed by atoms with Crippen LogP contribution in [0.1, 0.15) is 35.6 Å². The molecule has 0 saturated heterocycles. The van der Waals surface area contributed by atoms with E-state index >= 15 is 0 Å². The third-order valence-electron chi connectivity index (χ3n) is 3.17. The Hall–Kier alpha value is -1.24. The Balaban J connectivity index is 2.50. The van der Waals surface area contributed by atoms with Gasteiger partial charge in [0.2, 0.25) is 0 Å². The molecular formula is C12H11F6N. The number of nitrogens with two attached hydrogens (primary N) is 1. The van der Waals surface area contributed by atoms with Crippen molar-refractivity contribution in [3.8, 4) is 0 Å². The number of halogens is 6. The smallest absolute Gasteiger partial charge is 0.324 e. The Bertz CT molecular complexity index is 472. The van der Waals surface area contributed by atoms with Crippen LogP contribution in [-0.4, -0.2) is 0 Å². The van der Waals surface area contributed by atoms with E-state index in [1.54, 1.807) is 0 Å². The summed E-state index contributed by atoms with van der Waals surface area (Å²) in [6.45, 7) is 0. The Morgan fingerprint density at radius 2 is 1.58 bits per heavy atom. The predicted molar refractivity (Wildman–Crippen MR) is 56.1 cm³/mol. The molecule has 0 radical (unpaired) electrons. The molecule has 1 saturated carbocycles. The Labute approximate surface area is 105 Å². The average Bonchev–Trinajstić information content (AvgIpc) is 3.08. The summed E-state index contributed by atoms with van der Waals surface area (Å²) in [5.74, 6) is -0.162. The Morgan fingerprint density at radius 1 is 1.00 bits per heavy atom. The number of alkyl halides is 6. The van der Waals surface area contributed by atoms with Crippen LogP contribution in [0.25, 0.3) is 0 Å². The fourth-order valence-corrected chi connectivity index (χ4v) is 1.98. The quantitative estimate of drug-likeness (QED) is 0.811. The Morgan fingerprint density at radius 3 is 2.00 bits per heavy atom. The molecule has 1 nitrogen and oxygen atoms in total. The highest BCUT2D eigenvalue weighted by molar-refractivity contribution is 5.38. The second kappa shape index (κ2) is 4.40. The third-order valence-corrected chi connectivity index (χ3v) is 3.17. The molecule has 0 heterocycles.